The van der Waals surface area contributed by atoms with Crippen LogP contribution in [-0.2, 0) is 14.4 Å². The maximum absolute atomic E-state index is 11.1. The lowest BCUT2D eigenvalue weighted by Gasteiger charge is -2.06. The van der Waals surface area contributed by atoms with Gasteiger partial charge < -0.3 is 15.3 Å². The van der Waals surface area contributed by atoms with Crippen LogP contribution in [-0.4, -0.2) is 33.2 Å². The Morgan fingerprint density at radius 3 is 1.29 bits per heavy atom. The molecule has 138 valence electrons. The van der Waals surface area contributed by atoms with Gasteiger partial charge in [-0.3, -0.25) is 0 Å². The lowest BCUT2D eigenvalue weighted by Crippen LogP contribution is -2.18. The SMILES string of the molecule is CCCCCCCCCCCCCC(C(=O)O)=C(C(=O)O)C(=O)O. The van der Waals surface area contributed by atoms with Crippen LogP contribution in [0.25, 0.3) is 0 Å². The highest BCUT2D eigenvalue weighted by Gasteiger charge is 2.25. The molecule has 0 bridgehead atoms. The molecule has 3 N–H and O–H groups in total. The van der Waals surface area contributed by atoms with Crippen molar-refractivity contribution in [1.82, 2.24) is 0 Å². The first kappa shape index (κ1) is 22.1. The Morgan fingerprint density at radius 1 is 0.583 bits per heavy atom. The van der Waals surface area contributed by atoms with E-state index in [-0.39, 0.29) is 6.42 Å². The quantitative estimate of drug-likeness (QED) is 0.178. The van der Waals surface area contributed by atoms with Gasteiger partial charge in [0.2, 0.25) is 0 Å². The van der Waals surface area contributed by atoms with Crippen LogP contribution >= 0.6 is 0 Å². The maximum Gasteiger partial charge on any atom is 0.343 e. The van der Waals surface area contributed by atoms with Gasteiger partial charge in [0, 0.05) is 0 Å². The standard InChI is InChI=1S/C18H30O6/c1-2-3-4-5-6-7-8-9-10-11-12-13-14(16(19)20)15(17(21)22)18(23)24/h2-13H2,1H3,(H,19,20)(H,21,22)(H,23,24). The second-order valence-electron chi connectivity index (χ2n) is 6.05. The fourth-order valence-corrected chi connectivity index (χ4v) is 2.65. The molecule has 0 aromatic heterocycles. The Bertz CT molecular complexity index is 423. The minimum atomic E-state index is -1.71. The molecule has 24 heavy (non-hydrogen) atoms. The molecule has 0 saturated carbocycles. The van der Waals surface area contributed by atoms with E-state index in [1.165, 1.54) is 38.5 Å². The minimum absolute atomic E-state index is 0.0275. The van der Waals surface area contributed by atoms with Crippen molar-refractivity contribution < 1.29 is 29.7 Å². The summed E-state index contributed by atoms with van der Waals surface area (Å²) in [5, 5.41) is 26.7. The Balaban J connectivity index is 3.99. The van der Waals surface area contributed by atoms with Crippen molar-refractivity contribution in [2.45, 2.75) is 84.0 Å². The molecule has 0 rings (SSSR count). The van der Waals surface area contributed by atoms with Gasteiger partial charge in [-0.1, -0.05) is 71.1 Å². The van der Waals surface area contributed by atoms with Gasteiger partial charge in [0.15, 0.2) is 5.57 Å². The zero-order chi connectivity index (χ0) is 18.4. The van der Waals surface area contributed by atoms with E-state index in [1.54, 1.807) is 0 Å². The minimum Gasteiger partial charge on any atom is -0.478 e. The number of aliphatic carboxylic acids is 3. The molecule has 0 aliphatic heterocycles. The third kappa shape index (κ3) is 10.0. The van der Waals surface area contributed by atoms with E-state index in [2.05, 4.69) is 6.92 Å². The van der Waals surface area contributed by atoms with Crippen molar-refractivity contribution in [2.75, 3.05) is 0 Å². The molecule has 0 atom stereocenters. The Kier molecular flexibility index (Phi) is 12.5. The number of rotatable bonds is 15. The smallest absolute Gasteiger partial charge is 0.343 e. The summed E-state index contributed by atoms with van der Waals surface area (Å²) in [4.78, 5) is 32.9. The van der Waals surface area contributed by atoms with Crippen LogP contribution < -0.4 is 0 Å². The van der Waals surface area contributed by atoms with Gasteiger partial charge in [0.25, 0.3) is 0 Å². The molecular weight excluding hydrogens is 312 g/mol. The summed E-state index contributed by atoms with van der Waals surface area (Å²) in [7, 11) is 0. The summed E-state index contributed by atoms with van der Waals surface area (Å²) in [5.41, 5.74) is -1.56. The molecule has 0 aromatic carbocycles. The molecule has 0 radical (unpaired) electrons. The monoisotopic (exact) mass is 342 g/mol. The fraction of sp³-hybridized carbons (Fsp3) is 0.722. The van der Waals surface area contributed by atoms with Crippen molar-refractivity contribution >= 4 is 17.9 Å². The molecule has 0 aliphatic carbocycles. The average Bonchev–Trinajstić information content (AvgIpc) is 2.50. The lowest BCUT2D eigenvalue weighted by atomic mass is 10.00. The van der Waals surface area contributed by atoms with Crippen LogP contribution in [0, 0.1) is 0 Å². The lowest BCUT2D eigenvalue weighted by molar-refractivity contribution is -0.142. The van der Waals surface area contributed by atoms with Crippen molar-refractivity contribution in [2.24, 2.45) is 0 Å². The largest absolute Gasteiger partial charge is 0.478 e. The normalized spacial score (nSPS) is 10.4. The van der Waals surface area contributed by atoms with Gasteiger partial charge >= 0.3 is 17.9 Å². The molecule has 0 aliphatic rings. The highest BCUT2D eigenvalue weighted by Crippen LogP contribution is 2.17. The van der Waals surface area contributed by atoms with Crippen LogP contribution in [0.3, 0.4) is 0 Å². The molecule has 6 nitrogen and oxygen atoms in total. The number of carbonyl (C=O) groups is 3. The highest BCUT2D eigenvalue weighted by atomic mass is 16.4. The van der Waals surface area contributed by atoms with E-state index >= 15 is 0 Å². The van der Waals surface area contributed by atoms with Crippen LogP contribution in [0.5, 0.6) is 0 Å². The zero-order valence-corrected chi connectivity index (χ0v) is 14.6. The molecule has 0 saturated heterocycles. The second-order valence-corrected chi connectivity index (χ2v) is 6.05. The van der Waals surface area contributed by atoms with Gasteiger partial charge in [0.05, 0.1) is 5.57 Å². The fourth-order valence-electron chi connectivity index (χ4n) is 2.65. The van der Waals surface area contributed by atoms with Crippen molar-refractivity contribution in [3.8, 4) is 0 Å². The second kappa shape index (κ2) is 13.6. The van der Waals surface area contributed by atoms with E-state index in [9.17, 15) is 14.4 Å². The first-order valence-corrected chi connectivity index (χ1v) is 8.84. The third-order valence-electron chi connectivity index (χ3n) is 4.02. The highest BCUT2D eigenvalue weighted by molar-refractivity contribution is 6.17. The zero-order valence-electron chi connectivity index (χ0n) is 14.6. The van der Waals surface area contributed by atoms with Crippen LogP contribution in [0.2, 0.25) is 0 Å². The summed E-state index contributed by atoms with van der Waals surface area (Å²) in [6, 6.07) is 0. The summed E-state index contributed by atoms with van der Waals surface area (Å²) < 4.78 is 0. The van der Waals surface area contributed by atoms with Crippen molar-refractivity contribution in [3.63, 3.8) is 0 Å². The molecule has 6 heteroatoms. The van der Waals surface area contributed by atoms with Crippen molar-refractivity contribution in [1.29, 1.82) is 0 Å². The number of hydrogen-bond acceptors (Lipinski definition) is 3. The molecule has 0 fully saturated rings. The maximum atomic E-state index is 11.1. The Morgan fingerprint density at radius 2 is 0.958 bits per heavy atom. The molecule has 0 heterocycles. The Labute approximate surface area is 143 Å². The predicted octanol–water partition coefficient (Wildman–Crippen LogP) is 4.24. The predicted molar refractivity (Wildman–Crippen MR) is 91.0 cm³/mol. The average molecular weight is 342 g/mol. The number of carboxylic acids is 3. The molecular formula is C18H30O6. The molecule has 0 spiro atoms. The summed E-state index contributed by atoms with van der Waals surface area (Å²) in [6.07, 6.45) is 12.0. The molecule has 0 unspecified atom stereocenters. The summed E-state index contributed by atoms with van der Waals surface area (Å²) >= 11 is 0. The van der Waals surface area contributed by atoms with Gasteiger partial charge in [0.1, 0.15) is 0 Å². The van der Waals surface area contributed by atoms with Gasteiger partial charge in [-0.2, -0.15) is 0 Å². The number of unbranched alkanes of at least 4 members (excludes halogenated alkanes) is 10. The molecule has 0 amide bonds. The van der Waals surface area contributed by atoms with Crippen LogP contribution in [0.1, 0.15) is 84.0 Å². The van der Waals surface area contributed by atoms with E-state index in [4.69, 9.17) is 15.3 Å². The topological polar surface area (TPSA) is 112 Å². The number of hydrogen-bond donors (Lipinski definition) is 3. The third-order valence-corrected chi connectivity index (χ3v) is 4.02. The van der Waals surface area contributed by atoms with Gasteiger partial charge in [-0.15, -0.1) is 0 Å². The van der Waals surface area contributed by atoms with Crippen molar-refractivity contribution in [3.05, 3.63) is 11.1 Å². The van der Waals surface area contributed by atoms with Crippen LogP contribution in [0.15, 0.2) is 11.1 Å². The van der Waals surface area contributed by atoms with Crippen LogP contribution in [0.4, 0.5) is 0 Å². The summed E-state index contributed by atoms with van der Waals surface area (Å²) in [5.74, 6) is -4.88. The number of carboxylic acid groups (broad SMARTS) is 3. The molecule has 0 aromatic rings. The first-order chi connectivity index (χ1) is 11.4. The van der Waals surface area contributed by atoms with Gasteiger partial charge in [-0.05, 0) is 12.8 Å². The van der Waals surface area contributed by atoms with E-state index in [0.29, 0.717) is 6.42 Å². The van der Waals surface area contributed by atoms with E-state index in [0.717, 1.165) is 25.7 Å². The summed E-state index contributed by atoms with van der Waals surface area (Å²) in [6.45, 7) is 2.20. The van der Waals surface area contributed by atoms with E-state index in [1.807, 2.05) is 0 Å². The Hall–Kier alpha value is -1.85. The van der Waals surface area contributed by atoms with E-state index < -0.39 is 29.1 Å². The van der Waals surface area contributed by atoms with Gasteiger partial charge in [-0.25, -0.2) is 14.4 Å². The first-order valence-electron chi connectivity index (χ1n) is 8.84.